The number of rotatable bonds is 5. The maximum atomic E-state index is 12.1. The van der Waals surface area contributed by atoms with E-state index in [1.807, 2.05) is 11.8 Å². The predicted molar refractivity (Wildman–Crippen MR) is 73.0 cm³/mol. The summed E-state index contributed by atoms with van der Waals surface area (Å²) in [4.78, 5) is 12.1. The SMILES string of the molecule is CSC1CCCC1NC(=O)CC1(CN)CCC1. The number of nitrogens with two attached hydrogens (primary N) is 1. The monoisotopic (exact) mass is 256 g/mol. The molecule has 0 aliphatic heterocycles. The van der Waals surface area contributed by atoms with E-state index >= 15 is 0 Å². The second kappa shape index (κ2) is 5.61. The molecule has 2 saturated carbocycles. The van der Waals surface area contributed by atoms with Crippen molar-refractivity contribution in [2.24, 2.45) is 11.1 Å². The van der Waals surface area contributed by atoms with Gasteiger partial charge in [-0.15, -0.1) is 0 Å². The summed E-state index contributed by atoms with van der Waals surface area (Å²) in [7, 11) is 0. The number of thioether (sulfide) groups is 1. The Hall–Kier alpha value is -0.220. The minimum Gasteiger partial charge on any atom is -0.352 e. The quantitative estimate of drug-likeness (QED) is 0.790. The molecular weight excluding hydrogens is 232 g/mol. The zero-order valence-corrected chi connectivity index (χ0v) is 11.5. The molecule has 3 N–H and O–H groups in total. The van der Waals surface area contributed by atoms with Crippen LogP contribution in [0.1, 0.15) is 44.9 Å². The van der Waals surface area contributed by atoms with E-state index in [1.54, 1.807) is 0 Å². The third kappa shape index (κ3) is 2.97. The van der Waals surface area contributed by atoms with Gasteiger partial charge in [-0.2, -0.15) is 11.8 Å². The van der Waals surface area contributed by atoms with E-state index in [0.29, 0.717) is 24.3 Å². The first kappa shape index (κ1) is 13.2. The summed E-state index contributed by atoms with van der Waals surface area (Å²) in [5, 5.41) is 3.84. The second-order valence-corrected chi connectivity index (χ2v) is 6.69. The fourth-order valence-corrected chi connectivity index (χ4v) is 4.04. The Kier molecular flexibility index (Phi) is 4.36. The zero-order valence-electron chi connectivity index (χ0n) is 10.7. The van der Waals surface area contributed by atoms with Crippen molar-refractivity contribution in [1.29, 1.82) is 0 Å². The highest BCUT2D eigenvalue weighted by Crippen LogP contribution is 2.43. The topological polar surface area (TPSA) is 55.1 Å². The molecule has 0 saturated heterocycles. The van der Waals surface area contributed by atoms with Gasteiger partial charge in [0.25, 0.3) is 0 Å². The molecule has 2 aliphatic carbocycles. The first-order valence-corrected chi connectivity index (χ1v) is 8.00. The van der Waals surface area contributed by atoms with Crippen LogP contribution in [-0.4, -0.2) is 30.0 Å². The Morgan fingerprint density at radius 2 is 2.18 bits per heavy atom. The van der Waals surface area contributed by atoms with Gasteiger partial charge in [0.2, 0.25) is 5.91 Å². The maximum absolute atomic E-state index is 12.1. The summed E-state index contributed by atoms with van der Waals surface area (Å²) in [6.45, 7) is 0.664. The van der Waals surface area contributed by atoms with Crippen LogP contribution >= 0.6 is 11.8 Å². The van der Waals surface area contributed by atoms with E-state index in [9.17, 15) is 4.79 Å². The van der Waals surface area contributed by atoms with Gasteiger partial charge in [0.15, 0.2) is 0 Å². The number of carbonyl (C=O) groups excluding carboxylic acids is 1. The lowest BCUT2D eigenvalue weighted by molar-refractivity contribution is -0.125. The molecule has 98 valence electrons. The third-order valence-corrected chi connectivity index (χ3v) is 5.65. The first-order valence-electron chi connectivity index (χ1n) is 6.71. The summed E-state index contributed by atoms with van der Waals surface area (Å²) >= 11 is 1.89. The van der Waals surface area contributed by atoms with Gasteiger partial charge in [0.05, 0.1) is 0 Å². The number of hydrogen-bond donors (Lipinski definition) is 2. The van der Waals surface area contributed by atoms with Gasteiger partial charge >= 0.3 is 0 Å². The highest BCUT2D eigenvalue weighted by molar-refractivity contribution is 7.99. The van der Waals surface area contributed by atoms with Crippen molar-refractivity contribution in [2.45, 2.75) is 56.2 Å². The third-order valence-electron chi connectivity index (χ3n) is 4.48. The highest BCUT2D eigenvalue weighted by Gasteiger charge is 2.38. The largest absolute Gasteiger partial charge is 0.352 e. The summed E-state index contributed by atoms with van der Waals surface area (Å²) in [5.41, 5.74) is 5.93. The van der Waals surface area contributed by atoms with Gasteiger partial charge in [-0.1, -0.05) is 12.8 Å². The maximum Gasteiger partial charge on any atom is 0.220 e. The van der Waals surface area contributed by atoms with Crippen LogP contribution in [0.15, 0.2) is 0 Å². The lowest BCUT2D eigenvalue weighted by Gasteiger charge is -2.40. The van der Waals surface area contributed by atoms with Crippen LogP contribution in [0.2, 0.25) is 0 Å². The van der Waals surface area contributed by atoms with Crippen LogP contribution in [-0.2, 0) is 4.79 Å². The van der Waals surface area contributed by atoms with Crippen molar-refractivity contribution in [2.75, 3.05) is 12.8 Å². The van der Waals surface area contributed by atoms with E-state index in [1.165, 1.54) is 19.3 Å². The fourth-order valence-electron chi connectivity index (χ4n) is 3.10. The van der Waals surface area contributed by atoms with Gasteiger partial charge in [0.1, 0.15) is 0 Å². The van der Waals surface area contributed by atoms with E-state index in [0.717, 1.165) is 19.3 Å². The minimum absolute atomic E-state index is 0.136. The van der Waals surface area contributed by atoms with E-state index in [2.05, 4.69) is 11.6 Å². The molecule has 2 fully saturated rings. The van der Waals surface area contributed by atoms with Crippen molar-refractivity contribution < 1.29 is 4.79 Å². The summed E-state index contributed by atoms with van der Waals surface area (Å²) in [5.74, 6) is 0.223. The van der Waals surface area contributed by atoms with Gasteiger partial charge in [0, 0.05) is 17.7 Å². The van der Waals surface area contributed by atoms with E-state index in [-0.39, 0.29) is 11.3 Å². The van der Waals surface area contributed by atoms with Gasteiger partial charge in [-0.05, 0) is 43.9 Å². The molecule has 2 atom stereocenters. The lowest BCUT2D eigenvalue weighted by Crippen LogP contribution is -2.45. The number of carbonyl (C=O) groups is 1. The summed E-state index contributed by atoms with van der Waals surface area (Å²) in [6.07, 6.45) is 9.92. The molecule has 0 radical (unpaired) electrons. The molecule has 0 aromatic heterocycles. The first-order chi connectivity index (χ1) is 8.19. The Labute approximate surface area is 108 Å². The lowest BCUT2D eigenvalue weighted by atomic mass is 9.66. The molecule has 1 amide bonds. The average Bonchev–Trinajstić information content (AvgIpc) is 2.70. The minimum atomic E-state index is 0.136. The number of hydrogen-bond acceptors (Lipinski definition) is 3. The second-order valence-electron chi connectivity index (χ2n) is 5.61. The Morgan fingerprint density at radius 1 is 1.41 bits per heavy atom. The van der Waals surface area contributed by atoms with Crippen molar-refractivity contribution in [1.82, 2.24) is 5.32 Å². The Morgan fingerprint density at radius 3 is 2.71 bits per heavy atom. The van der Waals surface area contributed by atoms with Crippen molar-refractivity contribution in [3.63, 3.8) is 0 Å². The van der Waals surface area contributed by atoms with Crippen LogP contribution in [0.3, 0.4) is 0 Å². The molecule has 3 nitrogen and oxygen atoms in total. The molecule has 2 rings (SSSR count). The molecule has 2 aliphatic rings. The average molecular weight is 256 g/mol. The van der Waals surface area contributed by atoms with Crippen molar-refractivity contribution in [3.05, 3.63) is 0 Å². The van der Waals surface area contributed by atoms with Crippen LogP contribution in [0, 0.1) is 5.41 Å². The molecular formula is C13H24N2OS. The van der Waals surface area contributed by atoms with Crippen LogP contribution in [0.5, 0.6) is 0 Å². The molecule has 0 aromatic carbocycles. The molecule has 0 heterocycles. The smallest absolute Gasteiger partial charge is 0.220 e. The van der Waals surface area contributed by atoms with E-state index < -0.39 is 0 Å². The highest BCUT2D eigenvalue weighted by atomic mass is 32.2. The van der Waals surface area contributed by atoms with E-state index in [4.69, 9.17) is 5.73 Å². The molecule has 17 heavy (non-hydrogen) atoms. The summed E-state index contributed by atoms with van der Waals surface area (Å²) in [6, 6.07) is 0.396. The number of nitrogens with one attached hydrogen (secondary N) is 1. The Balaban J connectivity index is 1.80. The van der Waals surface area contributed by atoms with Gasteiger partial charge < -0.3 is 11.1 Å². The molecule has 0 bridgehead atoms. The summed E-state index contributed by atoms with van der Waals surface area (Å²) < 4.78 is 0. The zero-order chi connectivity index (χ0) is 12.3. The molecule has 4 heteroatoms. The molecule has 0 spiro atoms. The standard InChI is InChI=1S/C13H24N2OS/c1-17-11-5-2-4-10(11)15-12(16)8-13(9-14)6-3-7-13/h10-11H,2-9,14H2,1H3,(H,15,16). The Bertz CT molecular complexity index is 273. The normalized spacial score (nSPS) is 30.9. The predicted octanol–water partition coefficient (Wildman–Crippen LogP) is 1.91. The number of amides is 1. The van der Waals surface area contributed by atoms with Gasteiger partial charge in [-0.3, -0.25) is 4.79 Å². The van der Waals surface area contributed by atoms with Crippen molar-refractivity contribution >= 4 is 17.7 Å². The fraction of sp³-hybridized carbons (Fsp3) is 0.923. The van der Waals surface area contributed by atoms with Crippen LogP contribution < -0.4 is 11.1 Å². The molecule has 0 aromatic rings. The van der Waals surface area contributed by atoms with Crippen LogP contribution in [0.4, 0.5) is 0 Å². The molecule has 2 unspecified atom stereocenters. The van der Waals surface area contributed by atoms with Crippen LogP contribution in [0.25, 0.3) is 0 Å². The van der Waals surface area contributed by atoms with Crippen molar-refractivity contribution in [3.8, 4) is 0 Å². The van der Waals surface area contributed by atoms with Gasteiger partial charge in [-0.25, -0.2) is 0 Å².